The van der Waals surface area contributed by atoms with Crippen LogP contribution in [0.25, 0.3) is 0 Å². The molecular weight excluding hydrogens is 269 g/mol. The summed E-state index contributed by atoms with van der Waals surface area (Å²) in [6, 6.07) is 0.619. The predicted molar refractivity (Wildman–Crippen MR) is 59.7 cm³/mol. The summed E-state index contributed by atoms with van der Waals surface area (Å²) in [5, 5.41) is 0. The maximum Gasteiger partial charge on any atom is 0.246 e. The largest absolute Gasteiger partial charge is 0.330 e. The maximum atomic E-state index is 13.3. The number of nitrogens with one attached hydrogen (secondary N) is 1. The predicted octanol–water partition coefficient (Wildman–Crippen LogP) is 0.977. The van der Waals surface area contributed by atoms with E-state index in [1.165, 1.54) is 0 Å². The lowest BCUT2D eigenvalue weighted by Gasteiger charge is -2.11. The molecule has 0 bridgehead atoms. The zero-order valence-electron chi connectivity index (χ0n) is 9.58. The highest BCUT2D eigenvalue weighted by molar-refractivity contribution is 7.89. The van der Waals surface area contributed by atoms with E-state index in [-0.39, 0.29) is 19.0 Å². The van der Waals surface area contributed by atoms with Crippen molar-refractivity contribution in [2.24, 2.45) is 11.7 Å². The molecule has 0 aromatic heterocycles. The van der Waals surface area contributed by atoms with Crippen molar-refractivity contribution in [3.8, 4) is 0 Å². The van der Waals surface area contributed by atoms with Crippen LogP contribution in [0.2, 0.25) is 0 Å². The second-order valence-corrected chi connectivity index (χ2v) is 5.60. The van der Waals surface area contributed by atoms with Gasteiger partial charge in [-0.1, -0.05) is 6.92 Å². The van der Waals surface area contributed by atoms with Crippen LogP contribution in [0.4, 0.5) is 13.2 Å². The number of sulfonamides is 1. The van der Waals surface area contributed by atoms with Crippen molar-refractivity contribution in [2.75, 3.05) is 13.1 Å². The van der Waals surface area contributed by atoms with Crippen LogP contribution in [0, 0.1) is 23.4 Å². The fourth-order valence-corrected chi connectivity index (χ4v) is 2.47. The molecule has 0 radical (unpaired) electrons. The van der Waals surface area contributed by atoms with Crippen LogP contribution < -0.4 is 10.5 Å². The second-order valence-electron chi connectivity index (χ2n) is 3.89. The summed E-state index contributed by atoms with van der Waals surface area (Å²) in [6.45, 7) is 1.83. The van der Waals surface area contributed by atoms with Crippen molar-refractivity contribution in [3.05, 3.63) is 29.6 Å². The molecule has 1 rings (SSSR count). The number of nitrogens with two attached hydrogens (primary N) is 1. The van der Waals surface area contributed by atoms with Gasteiger partial charge >= 0.3 is 0 Å². The van der Waals surface area contributed by atoms with Crippen LogP contribution in [0.3, 0.4) is 0 Å². The molecule has 8 heteroatoms. The highest BCUT2D eigenvalue weighted by atomic mass is 32.2. The van der Waals surface area contributed by atoms with Gasteiger partial charge in [-0.3, -0.25) is 0 Å². The van der Waals surface area contributed by atoms with Gasteiger partial charge in [0.1, 0.15) is 17.5 Å². The first-order valence-corrected chi connectivity index (χ1v) is 6.60. The van der Waals surface area contributed by atoms with Crippen molar-refractivity contribution in [1.29, 1.82) is 0 Å². The van der Waals surface area contributed by atoms with E-state index in [1.807, 2.05) is 4.72 Å². The lowest BCUT2D eigenvalue weighted by molar-refractivity contribution is 0.489. The molecule has 0 fully saturated rings. The smallest absolute Gasteiger partial charge is 0.246 e. The van der Waals surface area contributed by atoms with Crippen molar-refractivity contribution in [1.82, 2.24) is 4.72 Å². The van der Waals surface area contributed by atoms with Crippen LogP contribution in [0.5, 0.6) is 0 Å². The molecule has 1 aromatic carbocycles. The van der Waals surface area contributed by atoms with E-state index >= 15 is 0 Å². The lowest BCUT2D eigenvalue weighted by Crippen LogP contribution is -2.32. The van der Waals surface area contributed by atoms with E-state index in [4.69, 9.17) is 5.73 Å². The molecule has 0 aliphatic rings. The molecule has 1 unspecified atom stereocenters. The molecule has 0 spiro atoms. The fourth-order valence-electron chi connectivity index (χ4n) is 1.19. The zero-order chi connectivity index (χ0) is 13.9. The van der Waals surface area contributed by atoms with E-state index in [0.717, 1.165) is 0 Å². The third-order valence-electron chi connectivity index (χ3n) is 2.26. The first-order chi connectivity index (χ1) is 8.27. The first-order valence-electron chi connectivity index (χ1n) is 5.12. The molecular formula is C10H13F3N2O2S. The topological polar surface area (TPSA) is 72.2 Å². The molecule has 18 heavy (non-hydrogen) atoms. The number of hydrogen-bond donors (Lipinski definition) is 2. The Bertz CT molecular complexity index is 511. The minimum absolute atomic E-state index is 0.0604. The number of hydrogen-bond acceptors (Lipinski definition) is 3. The van der Waals surface area contributed by atoms with Crippen LogP contribution in [0.1, 0.15) is 6.92 Å². The molecule has 0 aliphatic heterocycles. The summed E-state index contributed by atoms with van der Waals surface area (Å²) in [5.74, 6) is -4.31. The van der Waals surface area contributed by atoms with Crippen LogP contribution in [0.15, 0.2) is 17.0 Å². The Morgan fingerprint density at radius 3 is 2.22 bits per heavy atom. The molecule has 0 amide bonds. The normalized spacial score (nSPS) is 13.6. The second kappa shape index (κ2) is 5.68. The van der Waals surface area contributed by atoms with E-state index in [9.17, 15) is 21.6 Å². The Kier molecular flexibility index (Phi) is 4.71. The third kappa shape index (κ3) is 3.44. The molecule has 0 aliphatic carbocycles. The molecule has 102 valence electrons. The Morgan fingerprint density at radius 1 is 1.28 bits per heavy atom. The van der Waals surface area contributed by atoms with Gasteiger partial charge in [0.05, 0.1) is 0 Å². The quantitative estimate of drug-likeness (QED) is 0.845. The van der Waals surface area contributed by atoms with Crippen molar-refractivity contribution in [3.63, 3.8) is 0 Å². The highest BCUT2D eigenvalue weighted by Gasteiger charge is 2.25. The van der Waals surface area contributed by atoms with E-state index < -0.39 is 32.4 Å². The van der Waals surface area contributed by atoms with Crippen LogP contribution in [-0.4, -0.2) is 21.5 Å². The molecule has 1 aromatic rings. The Morgan fingerprint density at radius 2 is 1.78 bits per heavy atom. The Hall–Kier alpha value is -1.12. The molecule has 1 atom stereocenters. The SMILES string of the molecule is CC(CN)CNS(=O)(=O)c1c(F)cc(F)cc1F. The zero-order valence-corrected chi connectivity index (χ0v) is 10.4. The molecule has 0 saturated carbocycles. The van der Waals surface area contributed by atoms with Gasteiger partial charge in [0.2, 0.25) is 10.0 Å². The van der Waals surface area contributed by atoms with Crippen LogP contribution in [-0.2, 0) is 10.0 Å². The summed E-state index contributed by atoms with van der Waals surface area (Å²) < 4.78 is 64.6. The van der Waals surface area contributed by atoms with Gasteiger partial charge in [0.15, 0.2) is 4.90 Å². The summed E-state index contributed by atoms with van der Waals surface area (Å²) in [5.41, 5.74) is 5.29. The summed E-state index contributed by atoms with van der Waals surface area (Å²) >= 11 is 0. The van der Waals surface area contributed by atoms with E-state index in [0.29, 0.717) is 12.1 Å². The third-order valence-corrected chi connectivity index (χ3v) is 3.73. The maximum absolute atomic E-state index is 13.3. The standard InChI is InChI=1S/C10H13F3N2O2S/c1-6(4-14)5-15-18(16,17)10-8(12)2-7(11)3-9(10)13/h2-3,6,15H,4-5,14H2,1H3. The van der Waals surface area contributed by atoms with Gasteiger partial charge in [0.25, 0.3) is 0 Å². The molecule has 4 nitrogen and oxygen atoms in total. The molecule has 0 heterocycles. The number of halogens is 3. The monoisotopic (exact) mass is 282 g/mol. The Labute approximate surface area is 103 Å². The average molecular weight is 282 g/mol. The highest BCUT2D eigenvalue weighted by Crippen LogP contribution is 2.19. The first kappa shape index (κ1) is 14.9. The summed E-state index contributed by atoms with van der Waals surface area (Å²) in [6.07, 6.45) is 0. The summed E-state index contributed by atoms with van der Waals surface area (Å²) in [4.78, 5) is -1.19. The lowest BCUT2D eigenvalue weighted by atomic mass is 10.2. The van der Waals surface area contributed by atoms with Gasteiger partial charge in [-0.05, 0) is 12.5 Å². The Balaban J connectivity index is 3.06. The fraction of sp³-hybridized carbons (Fsp3) is 0.400. The molecule has 0 saturated heterocycles. The van der Waals surface area contributed by atoms with Gasteiger partial charge in [-0.2, -0.15) is 0 Å². The summed E-state index contributed by atoms with van der Waals surface area (Å²) in [7, 11) is -4.37. The molecule has 3 N–H and O–H groups in total. The van der Waals surface area contributed by atoms with Crippen LogP contribution >= 0.6 is 0 Å². The minimum atomic E-state index is -4.37. The van der Waals surface area contributed by atoms with E-state index in [2.05, 4.69) is 0 Å². The minimum Gasteiger partial charge on any atom is -0.330 e. The van der Waals surface area contributed by atoms with Crippen molar-refractivity contribution < 1.29 is 21.6 Å². The number of rotatable bonds is 5. The van der Waals surface area contributed by atoms with Crippen molar-refractivity contribution in [2.45, 2.75) is 11.8 Å². The van der Waals surface area contributed by atoms with E-state index in [1.54, 1.807) is 6.92 Å². The van der Waals surface area contributed by atoms with Crippen molar-refractivity contribution >= 4 is 10.0 Å². The number of benzene rings is 1. The van der Waals surface area contributed by atoms with Gasteiger partial charge in [-0.15, -0.1) is 0 Å². The van der Waals surface area contributed by atoms with Gasteiger partial charge in [-0.25, -0.2) is 26.3 Å². The van der Waals surface area contributed by atoms with Gasteiger partial charge < -0.3 is 5.73 Å². The van der Waals surface area contributed by atoms with Gasteiger partial charge in [0, 0.05) is 18.7 Å². The average Bonchev–Trinajstić information content (AvgIpc) is 2.24.